The molecular weight excluding hydrogens is 282 g/mol. The molecule has 0 radical (unpaired) electrons. The summed E-state index contributed by atoms with van der Waals surface area (Å²) in [5.41, 5.74) is 0.467. The van der Waals surface area contributed by atoms with Gasteiger partial charge in [0.1, 0.15) is 6.54 Å². The number of aryl methyl sites for hydroxylation is 1. The Bertz CT molecular complexity index is 614. The van der Waals surface area contributed by atoms with Crippen LogP contribution < -0.4 is 5.32 Å². The maximum atomic E-state index is 12.5. The smallest absolute Gasteiger partial charge is 0.240 e. The minimum Gasteiger partial charge on any atom is -0.353 e. The lowest BCUT2D eigenvalue weighted by Crippen LogP contribution is -2.42. The van der Waals surface area contributed by atoms with Crippen molar-refractivity contribution in [3.63, 3.8) is 0 Å². The second-order valence-corrected chi connectivity index (χ2v) is 6.34. The molecule has 6 heteroatoms. The summed E-state index contributed by atoms with van der Waals surface area (Å²) in [6.45, 7) is 0.230. The maximum absolute atomic E-state index is 12.5. The van der Waals surface area contributed by atoms with Gasteiger partial charge in [0.15, 0.2) is 0 Å². The molecule has 2 aliphatic rings. The molecule has 1 N–H and O–H groups in total. The monoisotopic (exact) mass is 303 g/mol. The topological polar surface area (TPSA) is 71.4 Å². The summed E-state index contributed by atoms with van der Waals surface area (Å²) in [6, 6.07) is 3.82. The van der Waals surface area contributed by atoms with Gasteiger partial charge in [0, 0.05) is 25.4 Å². The Balaban J connectivity index is 1.58. The number of imide groups is 1. The third-order valence-electron chi connectivity index (χ3n) is 4.87. The normalized spacial score (nSPS) is 20.1. The summed E-state index contributed by atoms with van der Waals surface area (Å²) in [5.74, 6) is -0.650. The fourth-order valence-corrected chi connectivity index (χ4v) is 3.53. The van der Waals surface area contributed by atoms with Gasteiger partial charge in [-0.3, -0.25) is 19.3 Å². The Hall–Kier alpha value is -2.11. The first-order valence-corrected chi connectivity index (χ1v) is 7.74. The number of hydrogen-bond acceptors (Lipinski definition) is 3. The molecule has 3 amide bonds. The number of rotatable bonds is 4. The molecule has 0 aromatic carbocycles. The number of aromatic nitrogens is 1. The van der Waals surface area contributed by atoms with Crippen molar-refractivity contribution < 1.29 is 14.4 Å². The van der Waals surface area contributed by atoms with E-state index in [-0.39, 0.29) is 30.7 Å². The number of nitrogens with one attached hydrogen (secondary N) is 1. The van der Waals surface area contributed by atoms with Crippen molar-refractivity contribution in [2.24, 2.45) is 12.5 Å². The second kappa shape index (κ2) is 5.59. The van der Waals surface area contributed by atoms with Gasteiger partial charge in [-0.1, -0.05) is 12.8 Å². The summed E-state index contributed by atoms with van der Waals surface area (Å²) in [4.78, 5) is 37.8. The van der Waals surface area contributed by atoms with E-state index in [1.165, 1.54) is 0 Å². The number of likely N-dealkylation sites (tertiary alicyclic amines) is 1. The van der Waals surface area contributed by atoms with Crippen LogP contribution in [0.25, 0.3) is 0 Å². The quantitative estimate of drug-likeness (QED) is 0.842. The predicted octanol–water partition coefficient (Wildman–Crippen LogP) is 0.961. The number of carbonyl (C=O) groups is 3. The summed E-state index contributed by atoms with van der Waals surface area (Å²) < 4.78 is 1.92. The molecule has 1 aromatic rings. The van der Waals surface area contributed by atoms with E-state index in [9.17, 15) is 14.4 Å². The van der Waals surface area contributed by atoms with Crippen LogP contribution in [-0.2, 0) is 28.0 Å². The molecule has 1 spiro atoms. The van der Waals surface area contributed by atoms with Crippen molar-refractivity contribution in [1.82, 2.24) is 14.8 Å². The number of nitrogens with zero attached hydrogens (tertiary/aromatic N) is 2. The number of hydrogen-bond donors (Lipinski definition) is 1. The molecule has 2 fully saturated rings. The molecule has 0 unspecified atom stereocenters. The fraction of sp³-hybridized carbons (Fsp3) is 0.562. The van der Waals surface area contributed by atoms with Gasteiger partial charge < -0.3 is 9.88 Å². The highest BCUT2D eigenvalue weighted by Gasteiger charge is 2.52. The van der Waals surface area contributed by atoms with E-state index >= 15 is 0 Å². The van der Waals surface area contributed by atoms with Crippen LogP contribution in [0.3, 0.4) is 0 Å². The first-order chi connectivity index (χ1) is 10.5. The van der Waals surface area contributed by atoms with E-state index in [0.717, 1.165) is 36.3 Å². The van der Waals surface area contributed by atoms with Gasteiger partial charge in [0.2, 0.25) is 17.7 Å². The van der Waals surface area contributed by atoms with Crippen LogP contribution in [0.4, 0.5) is 0 Å². The second-order valence-electron chi connectivity index (χ2n) is 6.34. The number of amides is 3. The Morgan fingerprint density at radius 1 is 1.32 bits per heavy atom. The van der Waals surface area contributed by atoms with Crippen LogP contribution in [0, 0.1) is 5.41 Å². The molecular formula is C16H21N3O3. The third-order valence-corrected chi connectivity index (χ3v) is 4.87. The van der Waals surface area contributed by atoms with Crippen LogP contribution in [0.15, 0.2) is 18.3 Å². The zero-order valence-electron chi connectivity index (χ0n) is 12.8. The molecule has 0 bridgehead atoms. The van der Waals surface area contributed by atoms with Crippen LogP contribution in [0.5, 0.6) is 0 Å². The fourth-order valence-electron chi connectivity index (χ4n) is 3.53. The molecule has 1 aliphatic heterocycles. The largest absolute Gasteiger partial charge is 0.353 e. The van der Waals surface area contributed by atoms with Gasteiger partial charge in [-0.2, -0.15) is 0 Å². The lowest BCUT2D eigenvalue weighted by Gasteiger charge is -2.20. The first kappa shape index (κ1) is 14.8. The predicted molar refractivity (Wildman–Crippen MR) is 79.5 cm³/mol. The van der Waals surface area contributed by atoms with Gasteiger partial charge in [-0.15, -0.1) is 0 Å². The van der Waals surface area contributed by atoms with Gasteiger partial charge in [0.25, 0.3) is 0 Å². The van der Waals surface area contributed by atoms with Crippen LogP contribution in [-0.4, -0.2) is 33.7 Å². The van der Waals surface area contributed by atoms with Gasteiger partial charge >= 0.3 is 0 Å². The van der Waals surface area contributed by atoms with Crippen molar-refractivity contribution in [2.75, 3.05) is 6.54 Å². The average Bonchev–Trinajstić information content (AvgIpc) is 3.16. The summed E-state index contributed by atoms with van der Waals surface area (Å²) >= 11 is 0. The Morgan fingerprint density at radius 3 is 2.68 bits per heavy atom. The molecule has 1 aliphatic carbocycles. The summed E-state index contributed by atoms with van der Waals surface area (Å²) in [5, 5.41) is 2.77. The van der Waals surface area contributed by atoms with E-state index in [4.69, 9.17) is 0 Å². The van der Waals surface area contributed by atoms with E-state index < -0.39 is 5.41 Å². The van der Waals surface area contributed by atoms with E-state index in [2.05, 4.69) is 5.32 Å². The molecule has 1 saturated carbocycles. The average molecular weight is 303 g/mol. The standard InChI is InChI=1S/C16H21N3O3/c1-18-8-4-5-12(18)10-17-13(20)11-19-14(21)9-16(15(19)22)6-2-3-7-16/h4-5,8H,2-3,6-7,9-11H2,1H3,(H,17,20). The Kier molecular flexibility index (Phi) is 3.76. The lowest BCUT2D eigenvalue weighted by molar-refractivity contribution is -0.144. The zero-order valence-corrected chi connectivity index (χ0v) is 12.8. The Morgan fingerprint density at radius 2 is 2.05 bits per heavy atom. The highest BCUT2D eigenvalue weighted by Crippen LogP contribution is 2.46. The molecule has 3 rings (SSSR count). The molecule has 1 aromatic heterocycles. The molecule has 2 heterocycles. The van der Waals surface area contributed by atoms with Crippen LogP contribution in [0.2, 0.25) is 0 Å². The lowest BCUT2D eigenvalue weighted by atomic mass is 9.84. The van der Waals surface area contributed by atoms with Gasteiger partial charge in [-0.05, 0) is 25.0 Å². The van der Waals surface area contributed by atoms with Crippen molar-refractivity contribution in [2.45, 2.75) is 38.6 Å². The minimum absolute atomic E-state index is 0.149. The van der Waals surface area contributed by atoms with E-state index in [0.29, 0.717) is 6.54 Å². The highest BCUT2D eigenvalue weighted by molar-refractivity contribution is 6.08. The Labute approximate surface area is 129 Å². The van der Waals surface area contributed by atoms with Crippen LogP contribution in [0.1, 0.15) is 37.8 Å². The van der Waals surface area contributed by atoms with E-state index in [1.54, 1.807) is 0 Å². The van der Waals surface area contributed by atoms with Crippen molar-refractivity contribution in [3.8, 4) is 0 Å². The molecule has 0 atom stereocenters. The molecule has 1 saturated heterocycles. The minimum atomic E-state index is -0.504. The maximum Gasteiger partial charge on any atom is 0.240 e. The molecule has 6 nitrogen and oxygen atoms in total. The SMILES string of the molecule is Cn1cccc1CNC(=O)CN1C(=O)CC2(CCCC2)C1=O. The van der Waals surface area contributed by atoms with Gasteiger partial charge in [-0.25, -0.2) is 0 Å². The summed E-state index contributed by atoms with van der Waals surface area (Å²) in [6.07, 6.45) is 5.72. The first-order valence-electron chi connectivity index (χ1n) is 7.74. The van der Waals surface area contributed by atoms with Crippen LogP contribution >= 0.6 is 0 Å². The highest BCUT2D eigenvalue weighted by atomic mass is 16.2. The number of carbonyl (C=O) groups excluding carboxylic acids is 3. The molecule has 22 heavy (non-hydrogen) atoms. The molecule has 118 valence electrons. The summed E-state index contributed by atoms with van der Waals surface area (Å²) in [7, 11) is 1.90. The third kappa shape index (κ3) is 2.53. The van der Waals surface area contributed by atoms with Gasteiger partial charge in [0.05, 0.1) is 12.0 Å². The van der Waals surface area contributed by atoms with Crippen molar-refractivity contribution in [1.29, 1.82) is 0 Å². The zero-order chi connectivity index (χ0) is 15.7. The van der Waals surface area contributed by atoms with Crippen molar-refractivity contribution in [3.05, 3.63) is 24.0 Å². The van der Waals surface area contributed by atoms with Crippen molar-refractivity contribution >= 4 is 17.7 Å². The van der Waals surface area contributed by atoms with E-state index in [1.807, 2.05) is 29.9 Å².